The smallest absolute Gasteiger partial charge is 0.407 e. The molecule has 2 fully saturated rings. The standard InChI is InChI=1S/C12H14N2O3/c15-12(16)14-9-2-4-11(14)8(7-9)1-3-10-5-6-13-17-10/h1,3,5-6,8-9,11H,2,4,7H2,(H,15,16)/b3-1-. The van der Waals surface area contributed by atoms with E-state index >= 15 is 0 Å². The van der Waals surface area contributed by atoms with Crippen LogP contribution in [0.15, 0.2) is 22.9 Å². The molecule has 0 aromatic carbocycles. The van der Waals surface area contributed by atoms with Crippen molar-refractivity contribution in [3.8, 4) is 0 Å². The second-order valence-electron chi connectivity index (χ2n) is 4.66. The normalized spacial score (nSPS) is 31.5. The van der Waals surface area contributed by atoms with Crippen molar-refractivity contribution >= 4 is 12.2 Å². The summed E-state index contributed by atoms with van der Waals surface area (Å²) in [5.41, 5.74) is 0. The van der Waals surface area contributed by atoms with E-state index in [1.807, 2.05) is 6.08 Å². The molecule has 5 nitrogen and oxygen atoms in total. The van der Waals surface area contributed by atoms with Crippen molar-refractivity contribution in [2.24, 2.45) is 5.92 Å². The van der Waals surface area contributed by atoms with Crippen molar-refractivity contribution in [1.82, 2.24) is 10.1 Å². The maximum atomic E-state index is 11.1. The Bertz CT molecular complexity index is 441. The Morgan fingerprint density at radius 3 is 3.12 bits per heavy atom. The first-order chi connectivity index (χ1) is 8.25. The Morgan fingerprint density at radius 1 is 1.59 bits per heavy atom. The third-order valence-electron chi connectivity index (χ3n) is 3.77. The summed E-state index contributed by atoms with van der Waals surface area (Å²) in [7, 11) is 0. The topological polar surface area (TPSA) is 66.6 Å². The molecule has 2 aliphatic heterocycles. The minimum absolute atomic E-state index is 0.150. The zero-order valence-corrected chi connectivity index (χ0v) is 9.32. The number of carboxylic acid groups (broad SMARTS) is 1. The van der Waals surface area contributed by atoms with Crippen molar-refractivity contribution in [3.63, 3.8) is 0 Å². The van der Waals surface area contributed by atoms with Crippen LogP contribution >= 0.6 is 0 Å². The number of amides is 1. The predicted molar refractivity (Wildman–Crippen MR) is 60.3 cm³/mol. The van der Waals surface area contributed by atoms with Crippen molar-refractivity contribution < 1.29 is 14.4 Å². The van der Waals surface area contributed by atoms with Gasteiger partial charge in [-0.05, 0) is 31.3 Å². The number of rotatable bonds is 2. The minimum atomic E-state index is -0.784. The van der Waals surface area contributed by atoms with Gasteiger partial charge in [-0.1, -0.05) is 11.2 Å². The van der Waals surface area contributed by atoms with Crippen LogP contribution in [0.4, 0.5) is 4.79 Å². The number of fused-ring (bicyclic) bond motifs is 2. The first-order valence-corrected chi connectivity index (χ1v) is 5.86. The lowest BCUT2D eigenvalue weighted by Gasteiger charge is -2.19. The molecule has 5 heteroatoms. The molecule has 3 heterocycles. The molecular formula is C12H14N2O3. The molecule has 90 valence electrons. The van der Waals surface area contributed by atoms with Gasteiger partial charge in [0.25, 0.3) is 0 Å². The van der Waals surface area contributed by atoms with Gasteiger partial charge >= 0.3 is 6.09 Å². The lowest BCUT2D eigenvalue weighted by atomic mass is 9.89. The molecule has 0 saturated carbocycles. The molecule has 3 rings (SSSR count). The molecule has 1 aromatic heterocycles. The van der Waals surface area contributed by atoms with Gasteiger partial charge in [0, 0.05) is 18.2 Å². The van der Waals surface area contributed by atoms with Crippen LogP contribution in [0, 0.1) is 5.92 Å². The lowest BCUT2D eigenvalue weighted by molar-refractivity contribution is 0.137. The Kier molecular flexibility index (Phi) is 2.39. The molecule has 3 atom stereocenters. The summed E-state index contributed by atoms with van der Waals surface area (Å²) in [6.45, 7) is 0. The average molecular weight is 234 g/mol. The highest BCUT2D eigenvalue weighted by atomic mass is 16.5. The molecule has 2 bridgehead atoms. The van der Waals surface area contributed by atoms with Gasteiger partial charge in [-0.2, -0.15) is 0 Å². The molecule has 3 unspecified atom stereocenters. The van der Waals surface area contributed by atoms with Gasteiger partial charge in [-0.3, -0.25) is 0 Å². The van der Waals surface area contributed by atoms with Crippen LogP contribution in [0.3, 0.4) is 0 Å². The van der Waals surface area contributed by atoms with E-state index < -0.39 is 6.09 Å². The maximum Gasteiger partial charge on any atom is 0.407 e. The van der Waals surface area contributed by atoms with E-state index in [-0.39, 0.29) is 12.1 Å². The highest BCUT2D eigenvalue weighted by Crippen LogP contribution is 2.42. The van der Waals surface area contributed by atoms with Crippen LogP contribution < -0.4 is 0 Å². The summed E-state index contributed by atoms with van der Waals surface area (Å²) in [6, 6.07) is 2.15. The Balaban J connectivity index is 1.73. The van der Waals surface area contributed by atoms with Crippen LogP contribution in [0.25, 0.3) is 6.08 Å². The van der Waals surface area contributed by atoms with Gasteiger partial charge in [0.1, 0.15) is 0 Å². The fourth-order valence-corrected chi connectivity index (χ4v) is 3.07. The Hall–Kier alpha value is -1.78. The van der Waals surface area contributed by atoms with E-state index in [4.69, 9.17) is 9.63 Å². The quantitative estimate of drug-likeness (QED) is 0.852. The number of hydrogen-bond acceptors (Lipinski definition) is 3. The minimum Gasteiger partial charge on any atom is -0.465 e. The zero-order valence-electron chi connectivity index (χ0n) is 9.32. The van der Waals surface area contributed by atoms with E-state index in [1.165, 1.54) is 0 Å². The maximum absolute atomic E-state index is 11.1. The van der Waals surface area contributed by atoms with Gasteiger partial charge < -0.3 is 14.5 Å². The van der Waals surface area contributed by atoms with Crippen molar-refractivity contribution in [1.29, 1.82) is 0 Å². The van der Waals surface area contributed by atoms with Crippen molar-refractivity contribution in [3.05, 3.63) is 24.1 Å². The van der Waals surface area contributed by atoms with Crippen molar-refractivity contribution in [2.75, 3.05) is 0 Å². The molecule has 1 N–H and O–H groups in total. The summed E-state index contributed by atoms with van der Waals surface area (Å²) in [5.74, 6) is 1.03. The second-order valence-corrected chi connectivity index (χ2v) is 4.66. The molecule has 17 heavy (non-hydrogen) atoms. The number of hydrogen-bond donors (Lipinski definition) is 1. The second kappa shape index (κ2) is 3.91. The molecule has 1 amide bonds. The van der Waals surface area contributed by atoms with Gasteiger partial charge in [-0.25, -0.2) is 4.79 Å². The van der Waals surface area contributed by atoms with Crippen LogP contribution in [-0.4, -0.2) is 33.3 Å². The SMILES string of the molecule is O=C(O)N1C2CCC1C(/C=C\c1ccno1)C2. The number of nitrogens with zero attached hydrogens (tertiary/aromatic N) is 2. The Morgan fingerprint density at radius 2 is 2.47 bits per heavy atom. The highest BCUT2D eigenvalue weighted by Gasteiger charge is 2.47. The van der Waals surface area contributed by atoms with Crippen LogP contribution in [0.5, 0.6) is 0 Å². The molecule has 0 spiro atoms. The van der Waals surface area contributed by atoms with Crippen molar-refractivity contribution in [2.45, 2.75) is 31.3 Å². The average Bonchev–Trinajstić information content (AvgIpc) is 3.01. The van der Waals surface area contributed by atoms with Crippen LogP contribution in [0.1, 0.15) is 25.0 Å². The van der Waals surface area contributed by atoms with Gasteiger partial charge in [-0.15, -0.1) is 0 Å². The number of aromatic nitrogens is 1. The predicted octanol–water partition coefficient (Wildman–Crippen LogP) is 2.22. The first kappa shape index (κ1) is 10.4. The molecule has 2 saturated heterocycles. The monoisotopic (exact) mass is 234 g/mol. The summed E-state index contributed by atoms with van der Waals surface area (Å²) in [4.78, 5) is 12.7. The van der Waals surface area contributed by atoms with E-state index in [2.05, 4.69) is 11.2 Å². The zero-order chi connectivity index (χ0) is 11.8. The molecule has 0 radical (unpaired) electrons. The summed E-state index contributed by atoms with van der Waals surface area (Å²) >= 11 is 0. The molecule has 2 aliphatic rings. The van der Waals surface area contributed by atoms with E-state index in [0.29, 0.717) is 5.92 Å². The molecule has 1 aromatic rings. The lowest BCUT2D eigenvalue weighted by Crippen LogP contribution is -2.34. The van der Waals surface area contributed by atoms with Gasteiger partial charge in [0.05, 0.1) is 6.20 Å². The molecule has 0 aliphatic carbocycles. The van der Waals surface area contributed by atoms with E-state index in [1.54, 1.807) is 17.2 Å². The third-order valence-corrected chi connectivity index (χ3v) is 3.77. The number of carbonyl (C=O) groups is 1. The van der Waals surface area contributed by atoms with Gasteiger partial charge in [0.2, 0.25) is 0 Å². The van der Waals surface area contributed by atoms with E-state index in [0.717, 1.165) is 25.0 Å². The van der Waals surface area contributed by atoms with Crippen LogP contribution in [0.2, 0.25) is 0 Å². The van der Waals surface area contributed by atoms with E-state index in [9.17, 15) is 4.79 Å². The van der Waals surface area contributed by atoms with Gasteiger partial charge in [0.15, 0.2) is 5.76 Å². The summed E-state index contributed by atoms with van der Waals surface area (Å²) in [5, 5.41) is 12.8. The Labute approximate surface area is 98.7 Å². The first-order valence-electron chi connectivity index (χ1n) is 5.86. The third kappa shape index (κ3) is 1.71. The largest absolute Gasteiger partial charge is 0.465 e. The summed E-state index contributed by atoms with van der Waals surface area (Å²) in [6.07, 6.45) is 7.67. The summed E-state index contributed by atoms with van der Waals surface area (Å²) < 4.78 is 4.98. The van der Waals surface area contributed by atoms with Crippen LogP contribution in [-0.2, 0) is 0 Å². The highest BCUT2D eigenvalue weighted by molar-refractivity contribution is 5.67. The fourth-order valence-electron chi connectivity index (χ4n) is 3.07. The molecular weight excluding hydrogens is 220 g/mol. The fraction of sp³-hybridized carbons (Fsp3) is 0.500.